The van der Waals surface area contributed by atoms with Crippen molar-refractivity contribution in [3.63, 3.8) is 0 Å². The Labute approximate surface area is 283 Å². The molecule has 2 N–H and O–H groups in total. The minimum Gasteiger partial charge on any atom is -0.462 e. The van der Waals surface area contributed by atoms with Gasteiger partial charge in [0.05, 0.1) is 38.6 Å². The van der Waals surface area contributed by atoms with Crippen molar-refractivity contribution in [1.29, 1.82) is 0 Å². The van der Waals surface area contributed by atoms with Gasteiger partial charge in [0, 0.05) is 69.3 Å². The van der Waals surface area contributed by atoms with Crippen LogP contribution in [0.3, 0.4) is 0 Å². The van der Waals surface area contributed by atoms with Gasteiger partial charge in [0.15, 0.2) is 5.58 Å². The first-order valence-electron chi connectivity index (χ1n) is 16.3. The molecule has 0 amide bonds. The highest BCUT2D eigenvalue weighted by Gasteiger charge is 2.29. The largest absolute Gasteiger partial charge is 0.462 e. The van der Waals surface area contributed by atoms with E-state index in [0.29, 0.717) is 44.3 Å². The van der Waals surface area contributed by atoms with Crippen LogP contribution >= 0.6 is 23.1 Å². The summed E-state index contributed by atoms with van der Waals surface area (Å²) in [4.78, 5) is 26.0. The summed E-state index contributed by atoms with van der Waals surface area (Å²) in [5, 5.41) is 8.56. The van der Waals surface area contributed by atoms with Crippen LogP contribution in [-0.4, -0.2) is 95.4 Å². The van der Waals surface area contributed by atoms with Gasteiger partial charge in [-0.05, 0) is 85.4 Å². The maximum atomic E-state index is 13.5. The number of hydrogen-bond donors (Lipinski definition) is 2. The number of benzene rings is 2. The molecule has 2 saturated heterocycles. The molecular weight excluding hydrogens is 677 g/mol. The Morgan fingerprint density at radius 2 is 1.74 bits per heavy atom. The Kier molecular flexibility index (Phi) is 8.95. The number of rotatable bonds is 8. The summed E-state index contributed by atoms with van der Waals surface area (Å²) < 4.78 is 20.2. The van der Waals surface area contributed by atoms with E-state index in [0.717, 1.165) is 49.3 Å². The Morgan fingerprint density at radius 1 is 0.979 bits per heavy atom. The number of nitrogens with one attached hydrogen (secondary N) is 2. The molecule has 2 aliphatic heterocycles. The van der Waals surface area contributed by atoms with Gasteiger partial charge in [-0.3, -0.25) is 14.9 Å². The summed E-state index contributed by atoms with van der Waals surface area (Å²) in [7, 11) is -0.522. The van der Waals surface area contributed by atoms with E-state index in [1.807, 2.05) is 12.1 Å². The molecular formula is C34H41BrN9O2P. The van der Waals surface area contributed by atoms with E-state index in [9.17, 15) is 4.57 Å². The molecule has 0 unspecified atom stereocenters. The van der Waals surface area contributed by atoms with E-state index in [1.54, 1.807) is 38.2 Å². The fourth-order valence-corrected chi connectivity index (χ4v) is 8.68. The van der Waals surface area contributed by atoms with Crippen LogP contribution in [0.2, 0.25) is 0 Å². The second-order valence-corrected chi connectivity index (χ2v) is 16.9. The van der Waals surface area contributed by atoms with Gasteiger partial charge in [0.2, 0.25) is 5.95 Å². The molecule has 0 saturated carbocycles. The number of aryl methyl sites for hydroxylation is 1. The van der Waals surface area contributed by atoms with Crippen LogP contribution < -0.4 is 20.8 Å². The van der Waals surface area contributed by atoms with E-state index in [-0.39, 0.29) is 0 Å². The van der Waals surface area contributed by atoms with Crippen molar-refractivity contribution in [3.8, 4) is 0 Å². The molecule has 2 aliphatic rings. The lowest BCUT2D eigenvalue weighted by Gasteiger charge is -2.43. The summed E-state index contributed by atoms with van der Waals surface area (Å²) in [6.07, 6.45) is 9.96. The lowest BCUT2D eigenvalue weighted by molar-refractivity contribution is 0.0982. The quantitative estimate of drug-likeness (QED) is 0.173. The van der Waals surface area contributed by atoms with Crippen molar-refractivity contribution in [1.82, 2.24) is 29.7 Å². The molecule has 0 atom stereocenters. The van der Waals surface area contributed by atoms with E-state index < -0.39 is 7.14 Å². The number of piperidine rings is 1. The van der Waals surface area contributed by atoms with Crippen molar-refractivity contribution in [3.05, 3.63) is 59.2 Å². The Hall–Kier alpha value is -3.57. The number of fused-ring (bicyclic) bond motifs is 2. The lowest BCUT2D eigenvalue weighted by Crippen LogP contribution is -2.52. The topological polar surface area (TPSA) is 116 Å². The number of halogens is 1. The molecule has 3 aromatic heterocycles. The molecule has 5 aromatic rings. The Morgan fingerprint density at radius 3 is 2.49 bits per heavy atom. The molecule has 0 spiro atoms. The Bertz CT molecular complexity index is 1960. The maximum absolute atomic E-state index is 13.5. The van der Waals surface area contributed by atoms with Gasteiger partial charge in [0.25, 0.3) is 0 Å². The fraction of sp³-hybridized carbons (Fsp3) is 0.412. The van der Waals surface area contributed by atoms with Crippen LogP contribution in [0.15, 0.2) is 58.0 Å². The third-order valence-electron chi connectivity index (χ3n) is 9.40. The van der Waals surface area contributed by atoms with E-state index >= 15 is 0 Å². The zero-order chi connectivity index (χ0) is 32.7. The summed E-state index contributed by atoms with van der Waals surface area (Å²) >= 11 is 3.60. The fourth-order valence-electron chi connectivity index (χ4n) is 6.99. The molecule has 0 bridgehead atoms. The van der Waals surface area contributed by atoms with Crippen molar-refractivity contribution in [2.24, 2.45) is 0 Å². The summed E-state index contributed by atoms with van der Waals surface area (Å²) in [5.41, 5.74) is 6.11. The summed E-state index contributed by atoms with van der Waals surface area (Å²) in [5.74, 6) is 0.946. The van der Waals surface area contributed by atoms with Crippen molar-refractivity contribution >= 4 is 79.2 Å². The van der Waals surface area contributed by atoms with Crippen LogP contribution in [0.5, 0.6) is 0 Å². The first-order valence-corrected chi connectivity index (χ1v) is 19.7. The molecule has 13 heteroatoms. The zero-order valence-electron chi connectivity index (χ0n) is 27.3. The second-order valence-electron chi connectivity index (χ2n) is 12.9. The summed E-state index contributed by atoms with van der Waals surface area (Å²) in [6.45, 7) is 12.4. The van der Waals surface area contributed by atoms with Gasteiger partial charge >= 0.3 is 0 Å². The summed E-state index contributed by atoms with van der Waals surface area (Å²) in [6, 6.07) is 8.66. The second kappa shape index (κ2) is 13.1. The molecule has 11 nitrogen and oxygen atoms in total. The van der Waals surface area contributed by atoms with Crippen molar-refractivity contribution < 1.29 is 8.98 Å². The predicted octanol–water partition coefficient (Wildman–Crippen LogP) is 6.44. The monoisotopic (exact) mass is 717 g/mol. The lowest BCUT2D eigenvalue weighted by atomic mass is 9.98. The molecule has 7 rings (SSSR count). The third-order valence-corrected chi connectivity index (χ3v) is 11.5. The SMILES string of the molecule is CCc1cc(Nc2ncc(Br)c(Nc3ccc4nccnc4c3P(C)(C)=O)n2)c2occc2c1N1CCC(N2CCN(C)CC2)CC1. The van der Waals surface area contributed by atoms with Crippen LogP contribution in [0.25, 0.3) is 22.0 Å². The number of piperazine rings is 1. The van der Waals surface area contributed by atoms with Crippen LogP contribution in [0.4, 0.5) is 28.8 Å². The van der Waals surface area contributed by atoms with Crippen molar-refractivity contribution in [2.45, 2.75) is 32.2 Å². The van der Waals surface area contributed by atoms with E-state index in [2.05, 4.69) is 82.3 Å². The predicted molar refractivity (Wildman–Crippen MR) is 195 cm³/mol. The minimum atomic E-state index is -2.74. The number of anilines is 5. The minimum absolute atomic E-state index is 0.412. The standard InChI is InChI=1S/C34H41BrN9O2P/c1-5-22-20-28(31-24(10-19-46-31)30(22)44-13-8-23(9-14-44)43-17-15-42(2)16-18-43)40-34-38-21-25(35)33(41-34)39-27-7-6-26-29(37-12-11-36-26)32(27)47(3,4)45/h6-7,10-12,19-21,23H,5,8-9,13-18H2,1-4H3,(H2,38,39,40,41). The smallest absolute Gasteiger partial charge is 0.229 e. The molecule has 5 heterocycles. The number of nitrogens with zero attached hydrogens (tertiary/aromatic N) is 7. The highest BCUT2D eigenvalue weighted by Crippen LogP contribution is 2.42. The van der Waals surface area contributed by atoms with E-state index in [1.165, 1.54) is 37.2 Å². The average molecular weight is 719 g/mol. The normalized spacial score (nSPS) is 17.1. The van der Waals surface area contributed by atoms with E-state index in [4.69, 9.17) is 9.40 Å². The van der Waals surface area contributed by atoms with Crippen molar-refractivity contribution in [2.75, 3.05) is 75.2 Å². The average Bonchev–Trinajstić information content (AvgIpc) is 3.56. The Balaban J connectivity index is 1.15. The molecule has 246 valence electrons. The molecule has 0 aliphatic carbocycles. The number of likely N-dealkylation sites (N-methyl/N-ethyl adjacent to an activating group) is 1. The molecule has 2 aromatic carbocycles. The molecule has 2 fully saturated rings. The number of hydrogen-bond acceptors (Lipinski definition) is 11. The molecule has 0 radical (unpaired) electrons. The zero-order valence-corrected chi connectivity index (χ0v) is 29.8. The van der Waals surface area contributed by atoms with Gasteiger partial charge in [-0.2, -0.15) is 4.98 Å². The third kappa shape index (κ3) is 6.48. The first-order chi connectivity index (χ1) is 22.7. The highest BCUT2D eigenvalue weighted by atomic mass is 79.9. The maximum Gasteiger partial charge on any atom is 0.229 e. The van der Waals surface area contributed by atoms with Crippen LogP contribution in [-0.2, 0) is 11.0 Å². The van der Waals surface area contributed by atoms with Gasteiger partial charge in [-0.25, -0.2) is 4.98 Å². The number of furan rings is 1. The molecule has 47 heavy (non-hydrogen) atoms. The highest BCUT2D eigenvalue weighted by molar-refractivity contribution is 9.10. The van der Waals surface area contributed by atoms with Gasteiger partial charge in [-0.15, -0.1) is 0 Å². The van der Waals surface area contributed by atoms with Crippen LogP contribution in [0.1, 0.15) is 25.3 Å². The van der Waals surface area contributed by atoms with Gasteiger partial charge in [-0.1, -0.05) is 6.92 Å². The van der Waals surface area contributed by atoms with Gasteiger partial charge < -0.3 is 29.4 Å². The first kappa shape index (κ1) is 32.0. The number of aromatic nitrogens is 4. The van der Waals surface area contributed by atoms with Gasteiger partial charge in [0.1, 0.15) is 18.5 Å². The van der Waals surface area contributed by atoms with Crippen LogP contribution in [0, 0.1) is 0 Å².